The first-order valence-corrected chi connectivity index (χ1v) is 8.59. The van der Waals surface area contributed by atoms with E-state index in [9.17, 15) is 0 Å². The van der Waals surface area contributed by atoms with Crippen LogP contribution in [0.25, 0.3) is 10.9 Å². The Morgan fingerprint density at radius 2 is 2.35 bits per heavy atom. The number of hydrogen-bond acceptors (Lipinski definition) is 3. The molecular weight excluding hydrogens is 284 g/mol. The molecule has 0 bridgehead atoms. The zero-order valence-electron chi connectivity index (χ0n) is 13.5. The Hall–Kier alpha value is -1.87. The van der Waals surface area contributed by atoms with Gasteiger partial charge in [0, 0.05) is 23.2 Å². The Bertz CT molecular complexity index is 801. The minimum absolute atomic E-state index is 0.507. The zero-order chi connectivity index (χ0) is 15.6. The first kappa shape index (κ1) is 13.6. The van der Waals surface area contributed by atoms with Crippen molar-refractivity contribution < 1.29 is 4.74 Å². The van der Waals surface area contributed by atoms with Gasteiger partial charge in [-0.3, -0.25) is 9.88 Å². The van der Waals surface area contributed by atoms with Crippen LogP contribution in [0.5, 0.6) is 5.75 Å². The van der Waals surface area contributed by atoms with Gasteiger partial charge < -0.3 is 4.74 Å². The molecule has 118 valence electrons. The Morgan fingerprint density at radius 3 is 3.13 bits per heavy atom. The molecule has 1 saturated carbocycles. The summed E-state index contributed by atoms with van der Waals surface area (Å²) in [6.07, 6.45) is 7.94. The lowest BCUT2D eigenvalue weighted by atomic mass is 9.84. The van der Waals surface area contributed by atoms with Gasteiger partial charge in [0.25, 0.3) is 0 Å². The quantitative estimate of drug-likeness (QED) is 0.809. The van der Waals surface area contributed by atoms with Gasteiger partial charge in [-0.05, 0) is 67.5 Å². The fourth-order valence-electron chi connectivity index (χ4n) is 5.45. The van der Waals surface area contributed by atoms with Crippen molar-refractivity contribution in [3.63, 3.8) is 0 Å². The van der Waals surface area contributed by atoms with Crippen LogP contribution in [0.15, 0.2) is 43.1 Å². The number of piperidine rings is 1. The van der Waals surface area contributed by atoms with Gasteiger partial charge in [-0.25, -0.2) is 0 Å². The molecule has 2 saturated heterocycles. The molecule has 1 spiro atoms. The zero-order valence-corrected chi connectivity index (χ0v) is 13.5. The maximum absolute atomic E-state index is 5.39. The van der Waals surface area contributed by atoms with Crippen LogP contribution < -0.4 is 4.74 Å². The van der Waals surface area contributed by atoms with Gasteiger partial charge in [0.1, 0.15) is 5.75 Å². The molecule has 0 N–H and O–H groups in total. The Labute approximate surface area is 137 Å². The number of fused-ring (bicyclic) bond motifs is 1. The molecule has 4 atom stereocenters. The van der Waals surface area contributed by atoms with Crippen LogP contribution in [0.3, 0.4) is 0 Å². The van der Waals surface area contributed by atoms with Crippen LogP contribution in [0.1, 0.15) is 18.4 Å². The smallest absolute Gasteiger partial charge is 0.119 e. The molecule has 23 heavy (non-hydrogen) atoms. The average Bonchev–Trinajstić information content (AvgIpc) is 3.13. The van der Waals surface area contributed by atoms with Crippen LogP contribution in [0.4, 0.5) is 0 Å². The minimum atomic E-state index is 0.507. The molecular formula is C20H22N2O. The molecule has 3 nitrogen and oxygen atoms in total. The summed E-state index contributed by atoms with van der Waals surface area (Å²) in [5.74, 6) is 2.55. The van der Waals surface area contributed by atoms with Gasteiger partial charge in [0.15, 0.2) is 0 Å². The van der Waals surface area contributed by atoms with Crippen molar-refractivity contribution in [1.82, 2.24) is 9.88 Å². The second-order valence-electron chi connectivity index (χ2n) is 7.26. The third-order valence-corrected chi connectivity index (χ3v) is 6.51. The molecule has 1 aromatic carbocycles. The van der Waals surface area contributed by atoms with Crippen LogP contribution in [-0.2, 0) is 6.42 Å². The number of pyridine rings is 1. The predicted octanol–water partition coefficient (Wildman–Crippen LogP) is 3.43. The standard InChI is InChI=1S/C20H22N2O/c1-3-17-18-7-9-22-14(12-20(17,18)22)10-13-6-8-21-19-5-4-15(23-2)11-16(13)19/h3-6,8,11,14,17-18H,1,7,9-10,12H2,2H3/t14?,17-,18?,20?/m1/s1. The first-order chi connectivity index (χ1) is 11.3. The highest BCUT2D eigenvalue weighted by molar-refractivity contribution is 5.83. The number of methoxy groups -OCH3 is 1. The fourth-order valence-corrected chi connectivity index (χ4v) is 5.45. The van der Waals surface area contributed by atoms with E-state index in [1.807, 2.05) is 12.3 Å². The molecule has 3 unspecified atom stereocenters. The van der Waals surface area contributed by atoms with Crippen molar-refractivity contribution in [2.75, 3.05) is 13.7 Å². The summed E-state index contributed by atoms with van der Waals surface area (Å²) in [7, 11) is 1.72. The summed E-state index contributed by atoms with van der Waals surface area (Å²) in [6.45, 7) is 5.31. The third-order valence-electron chi connectivity index (χ3n) is 6.51. The number of rotatable bonds is 4. The summed E-state index contributed by atoms with van der Waals surface area (Å²) >= 11 is 0. The lowest BCUT2D eigenvalue weighted by molar-refractivity contribution is 0.00992. The lowest BCUT2D eigenvalue weighted by Gasteiger charge is -2.49. The Morgan fingerprint density at radius 1 is 1.43 bits per heavy atom. The first-order valence-electron chi connectivity index (χ1n) is 8.59. The van der Waals surface area contributed by atoms with Gasteiger partial charge >= 0.3 is 0 Å². The Kier molecular flexibility index (Phi) is 2.70. The maximum atomic E-state index is 5.39. The van der Waals surface area contributed by atoms with Crippen molar-refractivity contribution in [1.29, 1.82) is 0 Å². The summed E-state index contributed by atoms with van der Waals surface area (Å²) in [5.41, 5.74) is 2.97. The van der Waals surface area contributed by atoms with E-state index in [0.29, 0.717) is 11.6 Å². The van der Waals surface area contributed by atoms with Gasteiger partial charge in [0.2, 0.25) is 0 Å². The van der Waals surface area contributed by atoms with E-state index in [-0.39, 0.29) is 0 Å². The molecule has 3 fully saturated rings. The summed E-state index contributed by atoms with van der Waals surface area (Å²) in [4.78, 5) is 7.26. The third kappa shape index (κ3) is 1.66. The van der Waals surface area contributed by atoms with Crippen LogP contribution >= 0.6 is 0 Å². The minimum Gasteiger partial charge on any atom is -0.497 e. The van der Waals surface area contributed by atoms with Gasteiger partial charge in [-0.15, -0.1) is 6.58 Å². The number of aromatic nitrogens is 1. The molecule has 5 rings (SSSR count). The van der Waals surface area contributed by atoms with Crippen molar-refractivity contribution >= 4 is 10.9 Å². The van der Waals surface area contributed by atoms with Crippen molar-refractivity contribution in [2.45, 2.75) is 30.8 Å². The van der Waals surface area contributed by atoms with E-state index < -0.39 is 0 Å². The van der Waals surface area contributed by atoms with Gasteiger partial charge in [0.05, 0.1) is 12.6 Å². The highest BCUT2D eigenvalue weighted by atomic mass is 16.5. The molecule has 2 aliphatic heterocycles. The largest absolute Gasteiger partial charge is 0.497 e. The molecule has 3 heteroatoms. The van der Waals surface area contributed by atoms with Gasteiger partial charge in [-0.1, -0.05) is 6.08 Å². The monoisotopic (exact) mass is 306 g/mol. The summed E-state index contributed by atoms with van der Waals surface area (Å²) in [5, 5.41) is 1.24. The number of ether oxygens (including phenoxy) is 1. The van der Waals surface area contributed by atoms with Crippen LogP contribution in [0.2, 0.25) is 0 Å². The van der Waals surface area contributed by atoms with E-state index in [0.717, 1.165) is 29.5 Å². The fraction of sp³-hybridized carbons (Fsp3) is 0.450. The molecule has 1 aromatic heterocycles. The van der Waals surface area contributed by atoms with Crippen LogP contribution in [0, 0.1) is 11.8 Å². The van der Waals surface area contributed by atoms with Crippen molar-refractivity contribution in [3.05, 3.63) is 48.7 Å². The van der Waals surface area contributed by atoms with Crippen molar-refractivity contribution in [3.8, 4) is 5.75 Å². The van der Waals surface area contributed by atoms with E-state index in [1.165, 1.54) is 30.3 Å². The second-order valence-corrected chi connectivity index (χ2v) is 7.26. The normalized spacial score (nSPS) is 34.6. The summed E-state index contributed by atoms with van der Waals surface area (Å²) in [6, 6.07) is 9.03. The Balaban J connectivity index is 1.44. The van der Waals surface area contributed by atoms with E-state index >= 15 is 0 Å². The van der Waals surface area contributed by atoms with E-state index in [1.54, 1.807) is 7.11 Å². The molecule has 0 amide bonds. The second kappa shape index (κ2) is 4.57. The van der Waals surface area contributed by atoms with Crippen LogP contribution in [-0.4, -0.2) is 35.1 Å². The predicted molar refractivity (Wildman–Crippen MR) is 91.6 cm³/mol. The van der Waals surface area contributed by atoms with E-state index in [2.05, 4.69) is 40.7 Å². The number of nitrogens with zero attached hydrogens (tertiary/aromatic N) is 2. The average molecular weight is 306 g/mol. The summed E-state index contributed by atoms with van der Waals surface area (Å²) < 4.78 is 5.39. The van der Waals surface area contributed by atoms with Crippen molar-refractivity contribution in [2.24, 2.45) is 11.8 Å². The molecule has 1 aliphatic carbocycles. The highest BCUT2D eigenvalue weighted by Gasteiger charge is 2.75. The molecule has 3 heterocycles. The highest BCUT2D eigenvalue weighted by Crippen LogP contribution is 2.70. The van der Waals surface area contributed by atoms with E-state index in [4.69, 9.17) is 4.74 Å². The number of hydrogen-bond donors (Lipinski definition) is 0. The molecule has 2 aromatic rings. The molecule has 0 radical (unpaired) electrons. The molecule has 3 aliphatic rings. The number of benzene rings is 1. The maximum Gasteiger partial charge on any atom is 0.119 e. The SMILES string of the molecule is C=C[C@@H]1C2CCN3C(Cc4ccnc5ccc(OC)cc45)CC213. The van der Waals surface area contributed by atoms with Gasteiger partial charge in [-0.2, -0.15) is 0 Å². The topological polar surface area (TPSA) is 25.4 Å². The lowest BCUT2D eigenvalue weighted by Crippen LogP contribution is -2.58.